The molecule has 0 unspecified atom stereocenters. The summed E-state index contributed by atoms with van der Waals surface area (Å²) in [6.45, 7) is 1.99. The number of carbonyl (C=O) groups excluding carboxylic acids is 1. The third-order valence-corrected chi connectivity index (χ3v) is 8.23. The van der Waals surface area contributed by atoms with Crippen LogP contribution in [0.4, 0.5) is 4.39 Å². The second-order valence-electron chi connectivity index (χ2n) is 7.05. The van der Waals surface area contributed by atoms with Crippen molar-refractivity contribution in [1.82, 2.24) is 9.62 Å². The van der Waals surface area contributed by atoms with Crippen LogP contribution in [0.1, 0.15) is 26.9 Å². The average molecular weight is 449 g/mol. The highest BCUT2D eigenvalue weighted by atomic mass is 32.2. The number of ether oxygens (including phenoxy) is 1. The fraction of sp³-hybridized carbons (Fsp3) is 0.286. The van der Waals surface area contributed by atoms with E-state index < -0.39 is 21.9 Å². The predicted molar refractivity (Wildman–Crippen MR) is 114 cm³/mol. The van der Waals surface area contributed by atoms with Gasteiger partial charge in [0.25, 0.3) is 5.91 Å². The van der Waals surface area contributed by atoms with E-state index in [1.807, 2.05) is 24.3 Å². The van der Waals surface area contributed by atoms with E-state index in [0.717, 1.165) is 16.2 Å². The molecule has 0 aliphatic carbocycles. The number of hydrogen-bond donors (Lipinski definition) is 1. The van der Waals surface area contributed by atoms with Gasteiger partial charge < -0.3 is 10.1 Å². The molecule has 1 atom stereocenters. The third kappa shape index (κ3) is 3.62. The predicted octanol–water partition coefficient (Wildman–Crippen LogP) is 3.47. The first-order valence-corrected chi connectivity index (χ1v) is 11.7. The maximum Gasteiger partial charge on any atom is 0.261 e. The summed E-state index contributed by atoms with van der Waals surface area (Å²) in [5.41, 5.74) is 0.969. The number of carbonyl (C=O) groups is 1. The Morgan fingerprint density at radius 1 is 1.27 bits per heavy atom. The monoisotopic (exact) mass is 448 g/mol. The highest BCUT2D eigenvalue weighted by Gasteiger charge is 2.35. The zero-order chi connectivity index (χ0) is 21.5. The van der Waals surface area contributed by atoms with Crippen LogP contribution in [0, 0.1) is 12.7 Å². The molecular formula is C21H21FN2O4S2. The molecule has 3 aromatic rings. The summed E-state index contributed by atoms with van der Waals surface area (Å²) >= 11 is 1.36. The van der Waals surface area contributed by atoms with Crippen molar-refractivity contribution in [2.45, 2.75) is 17.9 Å². The highest BCUT2D eigenvalue weighted by molar-refractivity contribution is 7.89. The standard InChI is InChI=1S/C21H21FN2O4S2/c1-13-11-14(7-8-16(13)22)30(26,27)24-9-10-28-17(12-24)19-15-5-3-4-6-18(15)29-20(19)21(25)23-2/h3-8,11,17H,9-10,12H2,1-2H3,(H,23,25)/t17-/m0/s1. The molecule has 158 valence electrons. The molecular weight excluding hydrogens is 427 g/mol. The number of hydrogen-bond acceptors (Lipinski definition) is 5. The van der Waals surface area contributed by atoms with E-state index >= 15 is 0 Å². The molecule has 1 fully saturated rings. The van der Waals surface area contributed by atoms with Gasteiger partial charge in [0.05, 0.1) is 22.5 Å². The maximum absolute atomic E-state index is 13.6. The van der Waals surface area contributed by atoms with Gasteiger partial charge in [0.15, 0.2) is 0 Å². The van der Waals surface area contributed by atoms with Gasteiger partial charge in [-0.25, -0.2) is 12.8 Å². The van der Waals surface area contributed by atoms with Gasteiger partial charge in [0, 0.05) is 30.4 Å². The van der Waals surface area contributed by atoms with Crippen LogP contribution in [0.3, 0.4) is 0 Å². The number of fused-ring (bicyclic) bond motifs is 1. The normalized spacial score (nSPS) is 17.9. The van der Waals surface area contributed by atoms with Crippen LogP contribution in [-0.2, 0) is 14.8 Å². The van der Waals surface area contributed by atoms with E-state index in [1.165, 1.54) is 34.7 Å². The number of benzene rings is 2. The van der Waals surface area contributed by atoms with Gasteiger partial charge in [-0.15, -0.1) is 11.3 Å². The Morgan fingerprint density at radius 2 is 2.03 bits per heavy atom. The Morgan fingerprint density at radius 3 is 2.77 bits per heavy atom. The number of aryl methyl sites for hydroxylation is 1. The van der Waals surface area contributed by atoms with Crippen LogP contribution in [0.5, 0.6) is 0 Å². The van der Waals surface area contributed by atoms with E-state index in [-0.39, 0.29) is 36.1 Å². The lowest BCUT2D eigenvalue weighted by molar-refractivity contribution is -0.00191. The largest absolute Gasteiger partial charge is 0.371 e. The zero-order valence-corrected chi connectivity index (χ0v) is 18.1. The summed E-state index contributed by atoms with van der Waals surface area (Å²) in [4.78, 5) is 13.1. The van der Waals surface area contributed by atoms with Gasteiger partial charge in [-0.3, -0.25) is 4.79 Å². The van der Waals surface area contributed by atoms with Crippen molar-refractivity contribution >= 4 is 37.4 Å². The van der Waals surface area contributed by atoms with E-state index in [1.54, 1.807) is 7.05 Å². The van der Waals surface area contributed by atoms with Crippen molar-refractivity contribution in [1.29, 1.82) is 0 Å². The summed E-state index contributed by atoms with van der Waals surface area (Å²) in [6.07, 6.45) is -0.585. The summed E-state index contributed by atoms with van der Waals surface area (Å²) < 4.78 is 48.2. The SMILES string of the molecule is CNC(=O)c1sc2ccccc2c1[C@@H]1CN(S(=O)(=O)c2ccc(F)c(C)c2)CCO1. The number of sulfonamides is 1. The molecule has 30 heavy (non-hydrogen) atoms. The molecule has 1 N–H and O–H groups in total. The van der Waals surface area contributed by atoms with Crippen LogP contribution in [0.2, 0.25) is 0 Å². The van der Waals surface area contributed by atoms with Crippen molar-refractivity contribution < 1.29 is 22.3 Å². The van der Waals surface area contributed by atoms with Gasteiger partial charge in [-0.1, -0.05) is 18.2 Å². The topological polar surface area (TPSA) is 75.7 Å². The number of amides is 1. The van der Waals surface area contributed by atoms with Gasteiger partial charge in [-0.2, -0.15) is 4.31 Å². The highest BCUT2D eigenvalue weighted by Crippen LogP contribution is 2.39. The smallest absolute Gasteiger partial charge is 0.261 e. The summed E-state index contributed by atoms with van der Waals surface area (Å²) in [5, 5.41) is 3.53. The Hall–Kier alpha value is -2.33. The summed E-state index contributed by atoms with van der Waals surface area (Å²) in [7, 11) is -2.27. The summed E-state index contributed by atoms with van der Waals surface area (Å²) in [6, 6.07) is 11.4. The lowest BCUT2D eigenvalue weighted by Gasteiger charge is -2.32. The fourth-order valence-corrected chi connectivity index (χ4v) is 6.32. The zero-order valence-electron chi connectivity index (χ0n) is 16.5. The second kappa shape index (κ2) is 8.07. The quantitative estimate of drug-likeness (QED) is 0.663. The molecule has 6 nitrogen and oxygen atoms in total. The van der Waals surface area contributed by atoms with Crippen molar-refractivity contribution in [2.75, 3.05) is 26.7 Å². The Labute approximate surface area is 178 Å². The second-order valence-corrected chi connectivity index (χ2v) is 10.0. The van der Waals surface area contributed by atoms with Crippen LogP contribution in [-0.4, -0.2) is 45.4 Å². The average Bonchev–Trinajstić information content (AvgIpc) is 3.14. The molecule has 0 spiro atoms. The third-order valence-electron chi connectivity index (χ3n) is 5.19. The lowest BCUT2D eigenvalue weighted by atomic mass is 10.0. The van der Waals surface area contributed by atoms with E-state index in [9.17, 15) is 17.6 Å². The number of rotatable bonds is 4. The van der Waals surface area contributed by atoms with Crippen LogP contribution < -0.4 is 5.32 Å². The number of thiophene rings is 1. The Balaban J connectivity index is 1.73. The van der Waals surface area contributed by atoms with Gasteiger partial charge in [0.1, 0.15) is 5.82 Å². The first kappa shape index (κ1) is 20.9. The van der Waals surface area contributed by atoms with Gasteiger partial charge >= 0.3 is 0 Å². The Bertz CT molecular complexity index is 1220. The molecule has 2 heterocycles. The molecule has 1 saturated heterocycles. The minimum absolute atomic E-state index is 0.0451. The minimum atomic E-state index is -3.83. The van der Waals surface area contributed by atoms with E-state index in [2.05, 4.69) is 5.32 Å². The number of nitrogens with zero attached hydrogens (tertiary/aromatic N) is 1. The molecule has 0 saturated carbocycles. The fourth-order valence-electron chi connectivity index (χ4n) is 3.61. The van der Waals surface area contributed by atoms with Gasteiger partial charge in [0.2, 0.25) is 10.0 Å². The van der Waals surface area contributed by atoms with Crippen LogP contribution in [0.25, 0.3) is 10.1 Å². The lowest BCUT2D eigenvalue weighted by Crippen LogP contribution is -2.42. The molecule has 9 heteroatoms. The number of nitrogens with one attached hydrogen (secondary N) is 1. The maximum atomic E-state index is 13.6. The summed E-state index contributed by atoms with van der Waals surface area (Å²) in [5.74, 6) is -0.683. The van der Waals surface area contributed by atoms with E-state index in [4.69, 9.17) is 4.74 Å². The van der Waals surface area contributed by atoms with Gasteiger partial charge in [-0.05, 0) is 42.1 Å². The first-order chi connectivity index (χ1) is 14.3. The molecule has 1 amide bonds. The molecule has 4 rings (SSSR count). The molecule has 1 aliphatic heterocycles. The molecule has 0 bridgehead atoms. The minimum Gasteiger partial charge on any atom is -0.371 e. The van der Waals surface area contributed by atoms with Crippen molar-refractivity contribution in [3.8, 4) is 0 Å². The number of morpholine rings is 1. The molecule has 1 aromatic heterocycles. The van der Waals surface area contributed by atoms with Crippen molar-refractivity contribution in [2.24, 2.45) is 0 Å². The van der Waals surface area contributed by atoms with Crippen LogP contribution in [0.15, 0.2) is 47.4 Å². The number of halogens is 1. The molecule has 0 radical (unpaired) electrons. The van der Waals surface area contributed by atoms with Crippen LogP contribution >= 0.6 is 11.3 Å². The Kier molecular flexibility index (Phi) is 5.63. The molecule has 1 aliphatic rings. The van der Waals surface area contributed by atoms with Crippen molar-refractivity contribution in [3.05, 3.63) is 64.3 Å². The molecule has 2 aromatic carbocycles. The first-order valence-electron chi connectivity index (χ1n) is 9.44. The van der Waals surface area contributed by atoms with Crippen molar-refractivity contribution in [3.63, 3.8) is 0 Å². The van der Waals surface area contributed by atoms with E-state index in [0.29, 0.717) is 10.4 Å².